The van der Waals surface area contributed by atoms with Crippen LogP contribution in [0.3, 0.4) is 0 Å². The smallest absolute Gasteiger partial charge is 0.335 e. The summed E-state index contributed by atoms with van der Waals surface area (Å²) in [5.41, 5.74) is -0.451. The summed E-state index contributed by atoms with van der Waals surface area (Å²) >= 11 is 1.31. The minimum absolute atomic E-state index is 0.139. The second kappa shape index (κ2) is 7.12. The van der Waals surface area contributed by atoms with Gasteiger partial charge in [-0.1, -0.05) is 29.5 Å². The first-order valence-corrected chi connectivity index (χ1v) is 9.01. The predicted octanol–water partition coefficient (Wildman–Crippen LogP) is 2.60. The fourth-order valence-electron chi connectivity index (χ4n) is 2.67. The van der Waals surface area contributed by atoms with Crippen molar-refractivity contribution in [2.24, 2.45) is 4.99 Å². The van der Waals surface area contributed by atoms with Gasteiger partial charge >= 0.3 is 5.69 Å². The van der Waals surface area contributed by atoms with Gasteiger partial charge in [-0.25, -0.2) is 19.3 Å². The lowest BCUT2D eigenvalue weighted by Crippen LogP contribution is -2.31. The maximum atomic E-state index is 12.2. The van der Waals surface area contributed by atoms with Crippen molar-refractivity contribution in [1.29, 1.82) is 0 Å². The van der Waals surface area contributed by atoms with Crippen molar-refractivity contribution in [1.82, 2.24) is 14.5 Å². The molecular weight excluding hydrogens is 380 g/mol. The molecule has 2 N–H and O–H groups in total. The molecule has 8 nitrogen and oxygen atoms in total. The number of hydrogen-bond donors (Lipinski definition) is 2. The number of hydrogen-bond acceptors (Lipinski definition) is 7. The molecule has 0 saturated heterocycles. The van der Waals surface area contributed by atoms with E-state index >= 15 is 0 Å². The summed E-state index contributed by atoms with van der Waals surface area (Å²) in [7, 11) is 1.58. The number of H-pyrrole nitrogens is 1. The van der Waals surface area contributed by atoms with Gasteiger partial charge in [-0.3, -0.25) is 9.78 Å². The molecule has 0 aliphatic heterocycles. The number of rotatable bonds is 4. The largest absolute Gasteiger partial charge is 0.497 e. The normalized spacial score (nSPS) is 11.3. The highest BCUT2D eigenvalue weighted by atomic mass is 32.1. The number of aromatic amines is 1. The van der Waals surface area contributed by atoms with E-state index in [0.29, 0.717) is 16.6 Å². The first-order valence-electron chi connectivity index (χ1n) is 8.19. The van der Waals surface area contributed by atoms with Crippen molar-refractivity contribution in [3.05, 3.63) is 74.9 Å². The molecule has 0 aliphatic rings. The summed E-state index contributed by atoms with van der Waals surface area (Å²) in [5, 5.41) is 10.9. The van der Waals surface area contributed by atoms with Gasteiger partial charge in [-0.05, 0) is 30.3 Å². The Kier molecular flexibility index (Phi) is 4.50. The van der Waals surface area contributed by atoms with Gasteiger partial charge in [0.2, 0.25) is 11.0 Å². The Morgan fingerprint density at radius 3 is 2.75 bits per heavy atom. The molecule has 140 valence electrons. The Balaban J connectivity index is 1.78. The number of benzene rings is 2. The van der Waals surface area contributed by atoms with Crippen LogP contribution in [-0.4, -0.2) is 33.0 Å². The average Bonchev–Trinajstić information content (AvgIpc) is 3.10. The minimum Gasteiger partial charge on any atom is -0.497 e. The number of para-hydroxylation sites is 1. The molecular formula is C19H14N4O4S. The molecule has 2 aromatic heterocycles. The Morgan fingerprint density at radius 1 is 1.21 bits per heavy atom. The number of nitrogens with one attached hydrogen (secondary N) is 1. The molecule has 2 aromatic carbocycles. The van der Waals surface area contributed by atoms with Crippen molar-refractivity contribution in [2.75, 3.05) is 7.11 Å². The van der Waals surface area contributed by atoms with Crippen LogP contribution in [0.1, 0.15) is 5.56 Å². The average molecular weight is 394 g/mol. The molecule has 0 fully saturated rings. The van der Waals surface area contributed by atoms with Crippen LogP contribution in [-0.2, 0) is 0 Å². The van der Waals surface area contributed by atoms with Gasteiger partial charge in [0.1, 0.15) is 11.3 Å². The second-order valence-corrected chi connectivity index (χ2v) is 6.76. The number of aliphatic imine (C=N–C) groups is 1. The molecule has 4 rings (SSSR count). The van der Waals surface area contributed by atoms with Crippen LogP contribution >= 0.6 is 11.3 Å². The van der Waals surface area contributed by atoms with E-state index in [9.17, 15) is 14.7 Å². The predicted molar refractivity (Wildman–Crippen MR) is 108 cm³/mol. The van der Waals surface area contributed by atoms with Crippen molar-refractivity contribution in [3.63, 3.8) is 0 Å². The van der Waals surface area contributed by atoms with Crippen molar-refractivity contribution in [3.8, 4) is 17.3 Å². The Hall–Kier alpha value is -3.72. The lowest BCUT2D eigenvalue weighted by atomic mass is 10.3. The van der Waals surface area contributed by atoms with Crippen molar-refractivity contribution < 1.29 is 9.84 Å². The molecule has 0 spiro atoms. The van der Waals surface area contributed by atoms with E-state index in [2.05, 4.69) is 15.0 Å². The summed E-state index contributed by atoms with van der Waals surface area (Å²) < 4.78 is 7.07. The fraction of sp³-hybridized carbons (Fsp3) is 0.0526. The molecule has 4 aromatic rings. The topological polar surface area (TPSA) is 110 Å². The number of methoxy groups -OCH3 is 1. The maximum Gasteiger partial charge on any atom is 0.335 e. The zero-order valence-electron chi connectivity index (χ0n) is 14.6. The first-order chi connectivity index (χ1) is 13.6. The van der Waals surface area contributed by atoms with Gasteiger partial charge in [0.25, 0.3) is 5.56 Å². The standard InChI is InChI=1S/C19H14N4O4S/c1-27-12-7-8-14-15(9-12)28-18(21-14)20-10-13-16(24)22-19(26)23(17(13)25)11-5-3-2-4-6-11/h2-10,25H,1H3,(H,22,24,26). The van der Waals surface area contributed by atoms with Crippen molar-refractivity contribution in [2.45, 2.75) is 0 Å². The van der Waals surface area contributed by atoms with E-state index < -0.39 is 17.1 Å². The molecule has 0 unspecified atom stereocenters. The van der Waals surface area contributed by atoms with E-state index in [0.717, 1.165) is 14.8 Å². The SMILES string of the molecule is COc1ccc2nc(N=Cc3c(O)n(-c4ccccc4)c(=O)[nH]c3=O)sc2c1. The number of fused-ring (bicyclic) bond motifs is 1. The van der Waals surface area contributed by atoms with E-state index in [1.54, 1.807) is 43.5 Å². The first kappa shape index (κ1) is 17.7. The van der Waals surface area contributed by atoms with Gasteiger partial charge < -0.3 is 9.84 Å². The highest BCUT2D eigenvalue weighted by Crippen LogP contribution is 2.30. The molecule has 9 heteroatoms. The monoisotopic (exact) mass is 394 g/mol. The van der Waals surface area contributed by atoms with Crippen LogP contribution in [0.5, 0.6) is 11.6 Å². The van der Waals surface area contributed by atoms with Crippen LogP contribution in [0.15, 0.2) is 63.1 Å². The zero-order chi connectivity index (χ0) is 19.7. The number of aromatic hydroxyl groups is 1. The summed E-state index contributed by atoms with van der Waals surface area (Å²) in [6.07, 6.45) is 1.20. The summed E-state index contributed by atoms with van der Waals surface area (Å²) in [4.78, 5) is 35.1. The Labute approximate surface area is 162 Å². The summed E-state index contributed by atoms with van der Waals surface area (Å²) in [6, 6.07) is 13.9. The van der Waals surface area contributed by atoms with Crippen molar-refractivity contribution >= 4 is 32.9 Å². The summed E-state index contributed by atoms with van der Waals surface area (Å²) in [5.74, 6) is 0.210. The molecule has 0 atom stereocenters. The summed E-state index contributed by atoms with van der Waals surface area (Å²) in [6.45, 7) is 0. The zero-order valence-corrected chi connectivity index (χ0v) is 15.4. The van der Waals surface area contributed by atoms with E-state index in [1.807, 2.05) is 12.1 Å². The van der Waals surface area contributed by atoms with E-state index in [4.69, 9.17) is 4.74 Å². The third-order valence-electron chi connectivity index (χ3n) is 4.02. The Bertz CT molecular complexity index is 1310. The molecule has 2 heterocycles. The molecule has 0 saturated carbocycles. The Morgan fingerprint density at radius 2 is 2.00 bits per heavy atom. The highest BCUT2D eigenvalue weighted by Gasteiger charge is 2.14. The number of ether oxygens (including phenoxy) is 1. The molecule has 0 bridgehead atoms. The molecule has 0 radical (unpaired) electrons. The second-order valence-electron chi connectivity index (χ2n) is 5.76. The van der Waals surface area contributed by atoms with Crippen LogP contribution in [0, 0.1) is 0 Å². The third kappa shape index (κ3) is 3.19. The number of thiazole rings is 1. The number of aromatic nitrogens is 3. The van der Waals surface area contributed by atoms with Crippen LogP contribution in [0.4, 0.5) is 5.13 Å². The van der Waals surface area contributed by atoms with Gasteiger partial charge in [0.15, 0.2) is 0 Å². The van der Waals surface area contributed by atoms with Crippen LogP contribution in [0.25, 0.3) is 15.9 Å². The fourth-order valence-corrected chi connectivity index (χ4v) is 3.51. The quantitative estimate of drug-likeness (QED) is 0.517. The minimum atomic E-state index is -0.738. The molecule has 28 heavy (non-hydrogen) atoms. The van der Waals surface area contributed by atoms with Gasteiger partial charge in [0.05, 0.1) is 23.0 Å². The van der Waals surface area contributed by atoms with Crippen LogP contribution in [0.2, 0.25) is 0 Å². The van der Waals surface area contributed by atoms with E-state index in [1.165, 1.54) is 17.6 Å². The van der Waals surface area contributed by atoms with Gasteiger partial charge in [0, 0.05) is 6.21 Å². The lowest BCUT2D eigenvalue weighted by molar-refractivity contribution is 0.415. The molecule has 0 amide bonds. The van der Waals surface area contributed by atoms with Gasteiger partial charge in [-0.15, -0.1) is 0 Å². The maximum absolute atomic E-state index is 12.2. The lowest BCUT2D eigenvalue weighted by Gasteiger charge is -2.08. The van der Waals surface area contributed by atoms with Gasteiger partial charge in [-0.2, -0.15) is 0 Å². The number of nitrogens with zero attached hydrogens (tertiary/aromatic N) is 3. The van der Waals surface area contributed by atoms with Crippen LogP contribution < -0.4 is 16.0 Å². The molecule has 0 aliphatic carbocycles. The van der Waals surface area contributed by atoms with E-state index in [-0.39, 0.29) is 5.56 Å². The highest BCUT2D eigenvalue weighted by molar-refractivity contribution is 7.22. The third-order valence-corrected chi connectivity index (χ3v) is 4.95.